The number of fused-ring (bicyclic) bond motifs is 1. The minimum absolute atomic E-state index is 0.0554. The third kappa shape index (κ3) is 4.18. The number of anilines is 1. The smallest absolute Gasteiger partial charge is 0.307 e. The summed E-state index contributed by atoms with van der Waals surface area (Å²) in [6.45, 7) is -0.165. The van der Waals surface area contributed by atoms with E-state index in [1.165, 1.54) is 11.8 Å². The Hall–Kier alpha value is -2.84. The maximum atomic E-state index is 12.2. The molecule has 7 nitrogen and oxygen atoms in total. The Morgan fingerprint density at radius 2 is 2.11 bits per heavy atom. The number of rotatable bonds is 5. The van der Waals surface area contributed by atoms with Gasteiger partial charge in [0, 0.05) is 15.5 Å². The molecule has 2 aromatic carbocycles. The lowest BCUT2D eigenvalue weighted by Gasteiger charge is -2.23. The van der Waals surface area contributed by atoms with E-state index in [1.807, 2.05) is 24.3 Å². The van der Waals surface area contributed by atoms with Crippen molar-refractivity contribution in [1.29, 1.82) is 0 Å². The molecule has 9 heteroatoms. The molecule has 1 aromatic heterocycles. The van der Waals surface area contributed by atoms with E-state index in [-0.39, 0.29) is 24.8 Å². The zero-order valence-corrected chi connectivity index (χ0v) is 16.0. The maximum Gasteiger partial charge on any atom is 0.307 e. The molecule has 0 saturated carbocycles. The predicted octanol–water partition coefficient (Wildman–Crippen LogP) is 3.94. The van der Waals surface area contributed by atoms with Crippen LogP contribution >= 0.6 is 23.4 Å². The summed E-state index contributed by atoms with van der Waals surface area (Å²) in [6, 6.07) is 14.5. The summed E-state index contributed by atoms with van der Waals surface area (Å²) in [5, 5.41) is 6.66. The van der Waals surface area contributed by atoms with Crippen molar-refractivity contribution in [2.45, 2.75) is 23.2 Å². The number of benzene rings is 2. The topological polar surface area (TPSA) is 94.3 Å². The number of hydrogen-bond acceptors (Lipinski definition) is 7. The molecule has 0 spiro atoms. The SMILES string of the molecule is O=C(CC1Sc2ccccc2NC1=O)OCc1nc(-c2cccc(Cl)c2)no1. The highest BCUT2D eigenvalue weighted by atomic mass is 35.5. The molecular formula is C19H14ClN3O4S. The number of para-hydroxylation sites is 1. The second-order valence-electron chi connectivity index (χ2n) is 5.98. The van der Waals surface area contributed by atoms with Gasteiger partial charge in [0.2, 0.25) is 11.7 Å². The summed E-state index contributed by atoms with van der Waals surface area (Å²) in [4.78, 5) is 29.4. The molecule has 1 unspecified atom stereocenters. The summed E-state index contributed by atoms with van der Waals surface area (Å²) in [5.41, 5.74) is 1.45. The van der Waals surface area contributed by atoms with E-state index in [0.29, 0.717) is 16.4 Å². The van der Waals surface area contributed by atoms with Crippen molar-refractivity contribution in [1.82, 2.24) is 10.1 Å². The molecule has 28 heavy (non-hydrogen) atoms. The average Bonchev–Trinajstić information content (AvgIpc) is 3.16. The Labute approximate surface area is 169 Å². The lowest BCUT2D eigenvalue weighted by atomic mass is 10.2. The monoisotopic (exact) mass is 415 g/mol. The van der Waals surface area contributed by atoms with Crippen LogP contribution in [-0.4, -0.2) is 27.3 Å². The first-order valence-corrected chi connectivity index (χ1v) is 9.65. The fraction of sp³-hybridized carbons (Fsp3) is 0.158. The van der Waals surface area contributed by atoms with Crippen LogP contribution in [0.25, 0.3) is 11.4 Å². The Bertz CT molecular complexity index is 1040. The van der Waals surface area contributed by atoms with E-state index >= 15 is 0 Å². The zero-order valence-electron chi connectivity index (χ0n) is 14.4. The van der Waals surface area contributed by atoms with Gasteiger partial charge in [-0.25, -0.2) is 0 Å². The first kappa shape index (κ1) is 18.5. The van der Waals surface area contributed by atoms with Crippen molar-refractivity contribution in [3.8, 4) is 11.4 Å². The maximum absolute atomic E-state index is 12.2. The van der Waals surface area contributed by atoms with Gasteiger partial charge in [0.15, 0.2) is 6.61 Å². The van der Waals surface area contributed by atoms with Gasteiger partial charge in [-0.3, -0.25) is 9.59 Å². The Kier molecular flexibility index (Phi) is 5.31. The van der Waals surface area contributed by atoms with Gasteiger partial charge >= 0.3 is 5.97 Å². The van der Waals surface area contributed by atoms with Crippen LogP contribution in [0.2, 0.25) is 5.02 Å². The van der Waals surface area contributed by atoms with E-state index in [2.05, 4.69) is 15.5 Å². The van der Waals surface area contributed by atoms with Crippen molar-refractivity contribution < 1.29 is 18.8 Å². The van der Waals surface area contributed by atoms with Gasteiger partial charge in [-0.1, -0.05) is 41.0 Å². The Morgan fingerprint density at radius 1 is 1.25 bits per heavy atom. The van der Waals surface area contributed by atoms with Gasteiger partial charge < -0.3 is 14.6 Å². The van der Waals surface area contributed by atoms with Crippen molar-refractivity contribution >= 4 is 40.9 Å². The molecule has 142 valence electrons. The number of amides is 1. The standard InChI is InChI=1S/C19H14ClN3O4S/c20-12-5-3-4-11(8-12)18-22-16(27-23-18)10-26-17(24)9-15-19(25)21-13-6-1-2-7-14(13)28-15/h1-8,15H,9-10H2,(H,21,25). The number of nitrogens with zero attached hydrogens (tertiary/aromatic N) is 2. The number of esters is 1. The Morgan fingerprint density at radius 3 is 2.96 bits per heavy atom. The number of nitrogens with one attached hydrogen (secondary N) is 1. The number of carbonyl (C=O) groups is 2. The quantitative estimate of drug-likeness (QED) is 0.630. The van der Waals surface area contributed by atoms with Crippen molar-refractivity contribution in [2.75, 3.05) is 5.32 Å². The number of carbonyl (C=O) groups excluding carboxylic acids is 2. The molecule has 0 bridgehead atoms. The number of halogens is 1. The summed E-state index contributed by atoms with van der Waals surface area (Å²) in [7, 11) is 0. The molecule has 0 aliphatic carbocycles. The van der Waals surface area contributed by atoms with Gasteiger partial charge in [0.25, 0.3) is 5.89 Å². The third-order valence-electron chi connectivity index (χ3n) is 3.97. The highest BCUT2D eigenvalue weighted by molar-refractivity contribution is 8.01. The largest absolute Gasteiger partial charge is 0.456 e. The van der Waals surface area contributed by atoms with E-state index in [9.17, 15) is 9.59 Å². The molecule has 1 aliphatic heterocycles. The minimum atomic E-state index is -0.549. The molecule has 0 radical (unpaired) electrons. The number of thioether (sulfide) groups is 1. The van der Waals surface area contributed by atoms with Crippen LogP contribution in [0.15, 0.2) is 57.9 Å². The molecule has 1 atom stereocenters. The van der Waals surface area contributed by atoms with Crippen molar-refractivity contribution in [3.63, 3.8) is 0 Å². The fourth-order valence-electron chi connectivity index (χ4n) is 2.64. The molecule has 1 aliphatic rings. The number of aromatic nitrogens is 2. The predicted molar refractivity (Wildman–Crippen MR) is 104 cm³/mol. The molecule has 2 heterocycles. The molecule has 1 amide bonds. The van der Waals surface area contributed by atoms with Gasteiger partial charge in [0.05, 0.1) is 17.4 Å². The third-order valence-corrected chi connectivity index (χ3v) is 5.48. The fourth-order valence-corrected chi connectivity index (χ4v) is 3.92. The lowest BCUT2D eigenvalue weighted by molar-refractivity contribution is -0.146. The second kappa shape index (κ2) is 8.04. The minimum Gasteiger partial charge on any atom is -0.456 e. The van der Waals surface area contributed by atoms with E-state index in [4.69, 9.17) is 20.9 Å². The highest BCUT2D eigenvalue weighted by Crippen LogP contribution is 2.36. The first-order chi connectivity index (χ1) is 13.6. The van der Waals surface area contributed by atoms with E-state index < -0.39 is 11.2 Å². The zero-order chi connectivity index (χ0) is 19.5. The van der Waals surface area contributed by atoms with Crippen LogP contribution in [-0.2, 0) is 20.9 Å². The number of hydrogen-bond donors (Lipinski definition) is 1. The molecule has 0 saturated heterocycles. The lowest BCUT2D eigenvalue weighted by Crippen LogP contribution is -2.31. The first-order valence-electron chi connectivity index (χ1n) is 8.39. The van der Waals surface area contributed by atoms with Crippen LogP contribution < -0.4 is 5.32 Å². The summed E-state index contributed by atoms with van der Waals surface area (Å²) in [5.74, 6) is -0.224. The normalized spacial score (nSPS) is 15.6. The number of ether oxygens (including phenoxy) is 1. The summed E-state index contributed by atoms with van der Waals surface area (Å²) < 4.78 is 10.3. The van der Waals surface area contributed by atoms with Crippen molar-refractivity contribution in [2.24, 2.45) is 0 Å². The highest BCUT2D eigenvalue weighted by Gasteiger charge is 2.29. The molecular weight excluding hydrogens is 402 g/mol. The van der Waals surface area contributed by atoms with Gasteiger partial charge in [-0.05, 0) is 24.3 Å². The van der Waals surface area contributed by atoms with E-state index in [0.717, 1.165) is 10.6 Å². The molecule has 0 fully saturated rings. The summed E-state index contributed by atoms with van der Waals surface area (Å²) in [6.07, 6.45) is -0.0554. The Balaban J connectivity index is 1.33. The van der Waals surface area contributed by atoms with Crippen LogP contribution in [0.4, 0.5) is 5.69 Å². The second-order valence-corrected chi connectivity index (χ2v) is 7.66. The van der Waals surface area contributed by atoms with Crippen LogP contribution in [0.1, 0.15) is 12.3 Å². The van der Waals surface area contributed by atoms with Gasteiger partial charge in [-0.15, -0.1) is 11.8 Å². The summed E-state index contributed by atoms with van der Waals surface area (Å²) >= 11 is 7.29. The van der Waals surface area contributed by atoms with Crippen molar-refractivity contribution in [3.05, 3.63) is 59.4 Å². The molecule has 3 aromatic rings. The van der Waals surface area contributed by atoms with Crippen LogP contribution in [0, 0.1) is 0 Å². The van der Waals surface area contributed by atoms with E-state index in [1.54, 1.807) is 24.3 Å². The van der Waals surface area contributed by atoms with Gasteiger partial charge in [-0.2, -0.15) is 4.98 Å². The van der Waals surface area contributed by atoms with Crippen LogP contribution in [0.3, 0.4) is 0 Å². The van der Waals surface area contributed by atoms with Crippen LogP contribution in [0.5, 0.6) is 0 Å². The average molecular weight is 416 g/mol. The molecule has 4 rings (SSSR count). The van der Waals surface area contributed by atoms with Gasteiger partial charge in [0.1, 0.15) is 0 Å². The molecule has 1 N–H and O–H groups in total.